The van der Waals surface area contributed by atoms with E-state index in [2.05, 4.69) is 33.4 Å². The van der Waals surface area contributed by atoms with Crippen LogP contribution in [0.4, 0.5) is 10.9 Å². The Morgan fingerprint density at radius 2 is 1.97 bits per heavy atom. The maximum Gasteiger partial charge on any atom is 0.264 e. The molecule has 0 saturated carbocycles. The van der Waals surface area contributed by atoms with Gasteiger partial charge in [-0.1, -0.05) is 29.5 Å². The average molecular weight is 433 g/mol. The highest BCUT2D eigenvalue weighted by atomic mass is 32.1. The second-order valence-electron chi connectivity index (χ2n) is 7.87. The van der Waals surface area contributed by atoms with E-state index in [4.69, 9.17) is 9.72 Å². The number of carbonyl (C=O) groups is 1. The highest BCUT2D eigenvalue weighted by Crippen LogP contribution is 2.29. The molecule has 158 valence electrons. The van der Waals surface area contributed by atoms with Crippen LogP contribution in [0.3, 0.4) is 0 Å². The molecule has 0 aliphatic carbocycles. The van der Waals surface area contributed by atoms with Gasteiger partial charge in [-0.05, 0) is 62.1 Å². The summed E-state index contributed by atoms with van der Waals surface area (Å²) in [6.45, 7) is 4.01. The third kappa shape index (κ3) is 4.32. The van der Waals surface area contributed by atoms with Crippen LogP contribution in [-0.2, 0) is 4.79 Å². The number of hydrogen-bond acceptors (Lipinski definition) is 6. The van der Waals surface area contributed by atoms with E-state index in [1.165, 1.54) is 36.2 Å². The van der Waals surface area contributed by atoms with Crippen molar-refractivity contribution >= 4 is 49.3 Å². The number of rotatable bonds is 5. The number of nitrogens with zero attached hydrogens (tertiary/aromatic N) is 3. The fraction of sp³-hybridized carbons (Fsp3) is 0.292. The number of ether oxygens (including phenoxy) is 1. The normalized spacial score (nSPS) is 14.2. The molecular weight excluding hydrogens is 408 g/mol. The summed E-state index contributed by atoms with van der Waals surface area (Å²) in [5, 5.41) is 4.43. The Morgan fingerprint density at radius 3 is 2.84 bits per heavy atom. The van der Waals surface area contributed by atoms with Crippen LogP contribution in [0.25, 0.3) is 21.1 Å². The molecule has 1 fully saturated rings. The molecule has 1 amide bonds. The maximum atomic E-state index is 12.5. The topological polar surface area (TPSA) is 67.3 Å². The van der Waals surface area contributed by atoms with Crippen molar-refractivity contribution in [3.05, 3.63) is 54.1 Å². The first-order chi connectivity index (χ1) is 15.2. The Bertz CT molecular complexity index is 1250. The summed E-state index contributed by atoms with van der Waals surface area (Å²) in [6, 6.07) is 16.0. The Balaban J connectivity index is 1.30. The molecule has 1 aliphatic rings. The van der Waals surface area contributed by atoms with E-state index < -0.39 is 0 Å². The van der Waals surface area contributed by atoms with E-state index in [1.54, 1.807) is 0 Å². The molecule has 1 aliphatic heterocycles. The van der Waals surface area contributed by atoms with E-state index in [1.807, 2.05) is 37.3 Å². The van der Waals surface area contributed by atoms with Crippen molar-refractivity contribution in [2.24, 2.45) is 0 Å². The lowest BCUT2D eigenvalue weighted by atomic mass is 10.1. The number of amides is 1. The van der Waals surface area contributed by atoms with Crippen LogP contribution < -0.4 is 15.0 Å². The van der Waals surface area contributed by atoms with Crippen LogP contribution in [0.5, 0.6) is 5.75 Å². The second kappa shape index (κ2) is 8.51. The zero-order chi connectivity index (χ0) is 21.2. The molecule has 4 aromatic rings. The lowest BCUT2D eigenvalue weighted by molar-refractivity contribution is -0.118. The number of piperidine rings is 1. The van der Waals surface area contributed by atoms with Gasteiger partial charge in [-0.25, -0.2) is 9.97 Å². The number of aromatic nitrogens is 2. The molecule has 2 aromatic heterocycles. The number of thiazole rings is 1. The van der Waals surface area contributed by atoms with Gasteiger partial charge in [0.1, 0.15) is 17.1 Å². The van der Waals surface area contributed by atoms with Gasteiger partial charge in [-0.3, -0.25) is 10.1 Å². The Morgan fingerprint density at radius 1 is 1.10 bits per heavy atom. The molecular formula is C24H24N4O2S. The summed E-state index contributed by atoms with van der Waals surface area (Å²) in [5.41, 5.74) is 2.84. The minimum atomic E-state index is -0.236. The van der Waals surface area contributed by atoms with E-state index in [0.29, 0.717) is 10.9 Å². The predicted molar refractivity (Wildman–Crippen MR) is 126 cm³/mol. The number of para-hydroxylation sites is 1. The van der Waals surface area contributed by atoms with Crippen molar-refractivity contribution in [3.8, 4) is 5.75 Å². The number of benzene rings is 2. The highest BCUT2D eigenvalue weighted by molar-refractivity contribution is 7.22. The summed E-state index contributed by atoms with van der Waals surface area (Å²) in [7, 11) is 0. The van der Waals surface area contributed by atoms with Crippen molar-refractivity contribution in [2.75, 3.05) is 29.9 Å². The van der Waals surface area contributed by atoms with Gasteiger partial charge >= 0.3 is 0 Å². The summed E-state index contributed by atoms with van der Waals surface area (Å²) in [4.78, 5) is 24.1. The fourth-order valence-electron chi connectivity index (χ4n) is 3.91. The molecule has 0 unspecified atom stereocenters. The molecule has 31 heavy (non-hydrogen) atoms. The fourth-order valence-corrected chi connectivity index (χ4v) is 4.89. The first kappa shape index (κ1) is 19.8. The molecule has 0 atom stereocenters. The van der Waals surface area contributed by atoms with E-state index in [9.17, 15) is 4.79 Å². The van der Waals surface area contributed by atoms with E-state index in [0.717, 1.165) is 40.0 Å². The SMILES string of the molecule is Cc1ccc2nc(NC(=O)COc3cccc4ccc(N5CCCCC5)nc34)sc2c1. The van der Waals surface area contributed by atoms with Gasteiger partial charge in [-0.2, -0.15) is 0 Å². The third-order valence-corrected chi connectivity index (χ3v) is 6.43. The molecule has 0 radical (unpaired) electrons. The summed E-state index contributed by atoms with van der Waals surface area (Å²) in [6.07, 6.45) is 3.68. The Labute approximate surface area is 184 Å². The molecule has 0 spiro atoms. The predicted octanol–water partition coefficient (Wildman–Crippen LogP) is 5.16. The first-order valence-electron chi connectivity index (χ1n) is 10.6. The largest absolute Gasteiger partial charge is 0.481 e. The standard InChI is InChI=1S/C24H24N4O2S/c1-16-8-10-18-20(14-16)31-24(25-18)27-22(29)15-30-19-7-5-6-17-9-11-21(26-23(17)19)28-12-3-2-4-13-28/h5-11,14H,2-4,12-13,15H2,1H3,(H,25,27,29). The molecule has 1 saturated heterocycles. The van der Waals surface area contributed by atoms with Crippen molar-refractivity contribution in [1.82, 2.24) is 9.97 Å². The molecule has 0 bridgehead atoms. The number of carbonyl (C=O) groups excluding carboxylic acids is 1. The average Bonchev–Trinajstić information content (AvgIpc) is 3.19. The second-order valence-corrected chi connectivity index (χ2v) is 8.90. The molecule has 6 nitrogen and oxygen atoms in total. The number of pyridine rings is 1. The van der Waals surface area contributed by atoms with Crippen LogP contribution in [0.1, 0.15) is 24.8 Å². The van der Waals surface area contributed by atoms with Crippen LogP contribution >= 0.6 is 11.3 Å². The summed E-state index contributed by atoms with van der Waals surface area (Å²) >= 11 is 1.47. The smallest absolute Gasteiger partial charge is 0.264 e. The molecule has 3 heterocycles. The Kier molecular flexibility index (Phi) is 5.42. The monoisotopic (exact) mass is 432 g/mol. The van der Waals surface area contributed by atoms with Gasteiger partial charge in [0.2, 0.25) is 0 Å². The third-order valence-electron chi connectivity index (χ3n) is 5.50. The van der Waals surface area contributed by atoms with Gasteiger partial charge in [-0.15, -0.1) is 0 Å². The van der Waals surface area contributed by atoms with Crippen molar-refractivity contribution < 1.29 is 9.53 Å². The van der Waals surface area contributed by atoms with Crippen molar-refractivity contribution in [2.45, 2.75) is 26.2 Å². The van der Waals surface area contributed by atoms with Gasteiger partial charge < -0.3 is 9.64 Å². The quantitative estimate of drug-likeness (QED) is 0.472. The zero-order valence-corrected chi connectivity index (χ0v) is 18.2. The summed E-state index contributed by atoms with van der Waals surface area (Å²) < 4.78 is 6.93. The van der Waals surface area contributed by atoms with Gasteiger partial charge in [0.25, 0.3) is 5.91 Å². The Hall–Kier alpha value is -3.19. The molecule has 5 rings (SSSR count). The number of nitrogens with one attached hydrogen (secondary N) is 1. The zero-order valence-electron chi connectivity index (χ0n) is 17.4. The summed E-state index contributed by atoms with van der Waals surface area (Å²) in [5.74, 6) is 1.35. The number of anilines is 2. The van der Waals surface area contributed by atoms with Gasteiger partial charge in [0.05, 0.1) is 10.2 Å². The van der Waals surface area contributed by atoms with Crippen LogP contribution in [0.15, 0.2) is 48.5 Å². The maximum absolute atomic E-state index is 12.5. The van der Waals surface area contributed by atoms with E-state index >= 15 is 0 Å². The number of hydrogen-bond donors (Lipinski definition) is 1. The minimum Gasteiger partial charge on any atom is -0.481 e. The lowest BCUT2D eigenvalue weighted by Crippen LogP contribution is -2.30. The first-order valence-corrected chi connectivity index (χ1v) is 11.4. The van der Waals surface area contributed by atoms with Gasteiger partial charge in [0.15, 0.2) is 11.7 Å². The van der Waals surface area contributed by atoms with Crippen molar-refractivity contribution in [3.63, 3.8) is 0 Å². The van der Waals surface area contributed by atoms with Gasteiger partial charge in [0, 0.05) is 18.5 Å². The van der Waals surface area contributed by atoms with Crippen LogP contribution in [0.2, 0.25) is 0 Å². The van der Waals surface area contributed by atoms with Crippen LogP contribution in [0, 0.1) is 6.92 Å². The molecule has 7 heteroatoms. The minimum absolute atomic E-state index is 0.0936. The number of fused-ring (bicyclic) bond motifs is 2. The van der Waals surface area contributed by atoms with E-state index in [-0.39, 0.29) is 12.5 Å². The van der Waals surface area contributed by atoms with Crippen molar-refractivity contribution in [1.29, 1.82) is 0 Å². The number of aryl methyl sites for hydroxylation is 1. The van der Waals surface area contributed by atoms with Crippen LogP contribution in [-0.4, -0.2) is 35.6 Å². The molecule has 2 aromatic carbocycles. The highest BCUT2D eigenvalue weighted by Gasteiger charge is 2.15. The lowest BCUT2D eigenvalue weighted by Gasteiger charge is -2.28. The molecule has 1 N–H and O–H groups in total.